The monoisotopic (exact) mass is 347 g/mol. The Balaban J connectivity index is 1.97. The molecule has 0 aliphatic heterocycles. The van der Waals surface area contributed by atoms with Crippen molar-refractivity contribution in [3.63, 3.8) is 0 Å². The maximum atomic E-state index is 11.8. The first kappa shape index (κ1) is 15.7. The highest BCUT2D eigenvalue weighted by Crippen LogP contribution is 2.25. The number of sulfone groups is 1. The van der Waals surface area contributed by atoms with Gasteiger partial charge in [-0.2, -0.15) is 4.98 Å². The van der Waals surface area contributed by atoms with E-state index in [4.69, 9.17) is 11.6 Å². The van der Waals surface area contributed by atoms with Crippen LogP contribution in [0.4, 0.5) is 11.5 Å². The third-order valence-corrected chi connectivity index (χ3v) is 5.35. The summed E-state index contributed by atoms with van der Waals surface area (Å²) < 4.78 is 23.7. The molecule has 7 heteroatoms. The van der Waals surface area contributed by atoms with Gasteiger partial charge < -0.3 is 5.32 Å². The molecule has 2 aromatic carbocycles. The molecular formula is C16H14ClN3O2S. The Hall–Kier alpha value is -2.18. The number of rotatable bonds is 4. The molecule has 1 aromatic heterocycles. The number of nitrogens with one attached hydrogen (secondary N) is 1. The second-order valence-electron chi connectivity index (χ2n) is 4.91. The highest BCUT2D eigenvalue weighted by atomic mass is 35.5. The molecule has 0 spiro atoms. The second kappa shape index (κ2) is 6.14. The number of hydrogen-bond donors (Lipinski definition) is 1. The fourth-order valence-electron chi connectivity index (χ4n) is 2.19. The minimum atomic E-state index is -3.20. The number of halogens is 1. The first-order valence-corrected chi connectivity index (χ1v) is 9.05. The zero-order chi connectivity index (χ0) is 16.4. The Morgan fingerprint density at radius 3 is 2.43 bits per heavy atom. The number of hydrogen-bond acceptors (Lipinski definition) is 5. The van der Waals surface area contributed by atoms with E-state index in [1.807, 2.05) is 24.3 Å². The van der Waals surface area contributed by atoms with Gasteiger partial charge in [0.15, 0.2) is 9.84 Å². The Kier molecular flexibility index (Phi) is 4.19. The third-order valence-electron chi connectivity index (χ3n) is 3.43. The topological polar surface area (TPSA) is 72.0 Å². The van der Waals surface area contributed by atoms with Gasteiger partial charge in [-0.1, -0.05) is 19.1 Å². The summed E-state index contributed by atoms with van der Waals surface area (Å²) in [6, 6.07) is 14.1. The van der Waals surface area contributed by atoms with Crippen LogP contribution in [-0.2, 0) is 9.84 Å². The van der Waals surface area contributed by atoms with Crippen molar-refractivity contribution in [2.75, 3.05) is 11.1 Å². The highest BCUT2D eigenvalue weighted by Gasteiger charge is 2.11. The summed E-state index contributed by atoms with van der Waals surface area (Å²) in [6.07, 6.45) is 0. The predicted molar refractivity (Wildman–Crippen MR) is 92.0 cm³/mol. The molecule has 0 aliphatic carbocycles. The van der Waals surface area contributed by atoms with Crippen LogP contribution < -0.4 is 5.32 Å². The maximum Gasteiger partial charge on any atom is 0.224 e. The summed E-state index contributed by atoms with van der Waals surface area (Å²) in [4.78, 5) is 8.68. The zero-order valence-corrected chi connectivity index (χ0v) is 13.9. The van der Waals surface area contributed by atoms with E-state index in [9.17, 15) is 8.42 Å². The van der Waals surface area contributed by atoms with Crippen LogP contribution in [0.3, 0.4) is 0 Å². The molecule has 118 valence electrons. The van der Waals surface area contributed by atoms with E-state index in [0.717, 1.165) is 16.6 Å². The van der Waals surface area contributed by atoms with Gasteiger partial charge in [0.05, 0.1) is 16.2 Å². The van der Waals surface area contributed by atoms with Crippen molar-refractivity contribution in [2.45, 2.75) is 11.8 Å². The molecule has 0 radical (unpaired) electrons. The van der Waals surface area contributed by atoms with Gasteiger partial charge >= 0.3 is 0 Å². The van der Waals surface area contributed by atoms with Crippen LogP contribution in [0.1, 0.15) is 6.92 Å². The van der Waals surface area contributed by atoms with Crippen LogP contribution in [0.5, 0.6) is 0 Å². The first-order chi connectivity index (χ1) is 11.0. The molecule has 0 aliphatic rings. The van der Waals surface area contributed by atoms with Gasteiger partial charge in [0, 0.05) is 11.1 Å². The summed E-state index contributed by atoms with van der Waals surface area (Å²) in [5.41, 5.74) is 1.46. The van der Waals surface area contributed by atoms with Crippen molar-refractivity contribution >= 4 is 43.8 Å². The quantitative estimate of drug-likeness (QED) is 0.726. The van der Waals surface area contributed by atoms with E-state index in [1.165, 1.54) is 0 Å². The molecule has 1 N–H and O–H groups in total. The lowest BCUT2D eigenvalue weighted by Gasteiger charge is -2.09. The second-order valence-corrected chi connectivity index (χ2v) is 7.53. The van der Waals surface area contributed by atoms with Crippen LogP contribution in [-0.4, -0.2) is 24.1 Å². The van der Waals surface area contributed by atoms with Crippen molar-refractivity contribution in [1.82, 2.24) is 9.97 Å². The van der Waals surface area contributed by atoms with Gasteiger partial charge in [0.2, 0.25) is 5.28 Å². The molecule has 5 nitrogen and oxygen atoms in total. The Morgan fingerprint density at radius 2 is 1.74 bits per heavy atom. The molecular weight excluding hydrogens is 334 g/mol. The third kappa shape index (κ3) is 3.28. The molecule has 0 fully saturated rings. The summed E-state index contributed by atoms with van der Waals surface area (Å²) in [6.45, 7) is 1.62. The molecule has 3 rings (SSSR count). The Bertz CT molecular complexity index is 957. The first-order valence-electron chi connectivity index (χ1n) is 7.02. The highest BCUT2D eigenvalue weighted by molar-refractivity contribution is 7.91. The van der Waals surface area contributed by atoms with Gasteiger partial charge in [0.1, 0.15) is 5.82 Å². The van der Waals surface area contributed by atoms with E-state index in [0.29, 0.717) is 10.7 Å². The summed E-state index contributed by atoms with van der Waals surface area (Å²) in [5.74, 6) is 0.651. The molecule has 0 atom stereocenters. The minimum Gasteiger partial charge on any atom is -0.340 e. The summed E-state index contributed by atoms with van der Waals surface area (Å²) >= 11 is 5.95. The van der Waals surface area contributed by atoms with Crippen molar-refractivity contribution in [1.29, 1.82) is 0 Å². The number of aromatic nitrogens is 2. The normalized spacial score (nSPS) is 11.6. The maximum absolute atomic E-state index is 11.8. The van der Waals surface area contributed by atoms with Crippen molar-refractivity contribution < 1.29 is 8.42 Å². The van der Waals surface area contributed by atoms with Gasteiger partial charge in [-0.15, -0.1) is 0 Å². The zero-order valence-electron chi connectivity index (χ0n) is 12.3. The van der Waals surface area contributed by atoms with Crippen LogP contribution in [0.15, 0.2) is 53.4 Å². The molecule has 0 saturated heterocycles. The van der Waals surface area contributed by atoms with Crippen LogP contribution in [0, 0.1) is 0 Å². The van der Waals surface area contributed by atoms with Crippen molar-refractivity contribution in [3.8, 4) is 0 Å². The van der Waals surface area contributed by atoms with E-state index in [1.54, 1.807) is 31.2 Å². The molecule has 1 heterocycles. The summed E-state index contributed by atoms with van der Waals surface area (Å²) in [7, 11) is -3.20. The van der Waals surface area contributed by atoms with Gasteiger partial charge in [-0.3, -0.25) is 0 Å². The van der Waals surface area contributed by atoms with E-state index < -0.39 is 9.84 Å². The fraction of sp³-hybridized carbons (Fsp3) is 0.125. The van der Waals surface area contributed by atoms with Crippen LogP contribution in [0.25, 0.3) is 10.9 Å². The molecule has 0 bridgehead atoms. The van der Waals surface area contributed by atoms with Gasteiger partial charge in [-0.25, -0.2) is 13.4 Å². The number of benzene rings is 2. The molecule has 0 amide bonds. The van der Waals surface area contributed by atoms with E-state index in [-0.39, 0.29) is 11.0 Å². The predicted octanol–water partition coefficient (Wildman–Crippen LogP) is 3.82. The van der Waals surface area contributed by atoms with Gasteiger partial charge in [-0.05, 0) is 48.0 Å². The fourth-order valence-corrected chi connectivity index (χ4v) is 3.25. The number of fused-ring (bicyclic) bond motifs is 1. The molecule has 23 heavy (non-hydrogen) atoms. The Morgan fingerprint density at radius 1 is 1.04 bits per heavy atom. The molecule has 3 aromatic rings. The van der Waals surface area contributed by atoms with E-state index >= 15 is 0 Å². The molecule has 0 unspecified atom stereocenters. The van der Waals surface area contributed by atoms with Crippen molar-refractivity contribution in [2.24, 2.45) is 0 Å². The largest absolute Gasteiger partial charge is 0.340 e. The smallest absolute Gasteiger partial charge is 0.224 e. The number of para-hydroxylation sites is 1. The standard InChI is InChI=1S/C16H14ClN3O2S/c1-2-23(21,22)12-9-7-11(8-10-12)18-15-13-5-3-4-6-14(13)19-16(17)20-15/h3-10H,2H2,1H3,(H,18,19,20). The van der Waals surface area contributed by atoms with Crippen molar-refractivity contribution in [3.05, 3.63) is 53.8 Å². The SMILES string of the molecule is CCS(=O)(=O)c1ccc(Nc2nc(Cl)nc3ccccc23)cc1. The average Bonchev–Trinajstić information content (AvgIpc) is 2.55. The number of nitrogens with zero attached hydrogens (tertiary/aromatic N) is 2. The van der Waals surface area contributed by atoms with E-state index in [2.05, 4.69) is 15.3 Å². The summed E-state index contributed by atoms with van der Waals surface area (Å²) in [5, 5.41) is 4.14. The number of anilines is 2. The Labute approximate surface area is 139 Å². The lowest BCUT2D eigenvalue weighted by molar-refractivity contribution is 0.597. The minimum absolute atomic E-state index is 0.0753. The van der Waals surface area contributed by atoms with Gasteiger partial charge in [0.25, 0.3) is 0 Å². The average molecular weight is 348 g/mol. The molecule has 0 saturated carbocycles. The lowest BCUT2D eigenvalue weighted by Crippen LogP contribution is -2.03. The van der Waals surface area contributed by atoms with Crippen LogP contribution in [0.2, 0.25) is 5.28 Å². The van der Waals surface area contributed by atoms with Crippen LogP contribution >= 0.6 is 11.6 Å². The lowest BCUT2D eigenvalue weighted by atomic mass is 10.2.